The molecule has 0 aliphatic carbocycles. The molecule has 0 bridgehead atoms. The first-order valence-electron chi connectivity index (χ1n) is 24.9. The lowest BCUT2D eigenvalue weighted by Gasteiger charge is -2.26. The van der Waals surface area contributed by atoms with Gasteiger partial charge in [0.2, 0.25) is 5.69 Å². The Labute approximate surface area is 425 Å². The maximum absolute atomic E-state index is 10.5. The molecule has 15 aromatic rings. The molecule has 4 aromatic heterocycles. The van der Waals surface area contributed by atoms with Crippen molar-refractivity contribution in [3.05, 3.63) is 260 Å². The fourth-order valence-corrected chi connectivity index (χ4v) is 12.2. The number of aromatic nitrogens is 2. The first-order valence-corrected chi connectivity index (χ1v) is 24.9. The third-order valence-electron chi connectivity index (χ3n) is 15.2. The predicted molar refractivity (Wildman–Crippen MR) is 307 cm³/mol. The van der Waals surface area contributed by atoms with Crippen LogP contribution >= 0.6 is 0 Å². The fraction of sp³-hybridized carbons (Fsp3) is 0. The summed E-state index contributed by atoms with van der Waals surface area (Å²) >= 11 is 0. The highest BCUT2D eigenvalue weighted by Gasteiger charge is 2.31. The number of hydrogen-bond acceptors (Lipinski definition) is 3. The summed E-state index contributed by atoms with van der Waals surface area (Å²) in [6.45, 7) is 8.23. The van der Waals surface area contributed by atoms with E-state index < -0.39 is 0 Å². The predicted octanol–water partition coefficient (Wildman–Crippen LogP) is 18.7. The van der Waals surface area contributed by atoms with Gasteiger partial charge in [-0.1, -0.05) is 176 Å². The van der Waals surface area contributed by atoms with E-state index in [1.807, 2.05) is 60.7 Å². The minimum Gasteiger partial charge on any atom is -0.320 e. The second-order valence-electron chi connectivity index (χ2n) is 19.0. The second kappa shape index (κ2) is 16.1. The summed E-state index contributed by atoms with van der Waals surface area (Å²) in [4.78, 5) is 8.44. The molecule has 6 heteroatoms. The summed E-state index contributed by atoms with van der Waals surface area (Å²) in [5.74, 6) is 0. The monoisotopic (exact) mass is 940 g/mol. The highest BCUT2D eigenvalue weighted by molar-refractivity contribution is 6.38. The van der Waals surface area contributed by atoms with Gasteiger partial charge >= 0.3 is 0 Å². The van der Waals surface area contributed by atoms with Crippen LogP contribution in [0.4, 0.5) is 39.8 Å². The van der Waals surface area contributed by atoms with Crippen LogP contribution in [0.3, 0.4) is 0 Å². The number of hydrogen-bond donors (Lipinski definition) is 0. The molecule has 15 rings (SSSR count). The number of benzene rings is 11. The molecular weight excluding hydrogens is 901 g/mol. The van der Waals surface area contributed by atoms with E-state index in [9.17, 15) is 5.26 Å². The van der Waals surface area contributed by atoms with E-state index in [1.165, 1.54) is 54.5 Å². The smallest absolute Gasteiger partial charge is 0.210 e. The molecule has 0 unspecified atom stereocenters. The Morgan fingerprint density at radius 1 is 0.365 bits per heavy atom. The Kier molecular flexibility index (Phi) is 8.99. The van der Waals surface area contributed by atoms with Crippen LogP contribution in [-0.4, -0.2) is 8.80 Å². The highest BCUT2D eigenvalue weighted by atomic mass is 15.2. The first kappa shape index (κ1) is 41.4. The number of nitrogens with zero attached hydrogens (tertiary/aromatic N) is 6. The van der Waals surface area contributed by atoms with E-state index in [0.29, 0.717) is 11.3 Å². The summed E-state index contributed by atoms with van der Waals surface area (Å²) in [5.41, 5.74) is 18.1. The van der Waals surface area contributed by atoms with Crippen LogP contribution < -0.4 is 9.80 Å². The molecule has 342 valence electrons. The summed E-state index contributed by atoms with van der Waals surface area (Å²) in [7, 11) is 0. The van der Waals surface area contributed by atoms with Crippen molar-refractivity contribution in [1.29, 1.82) is 5.26 Å². The van der Waals surface area contributed by atoms with Crippen molar-refractivity contribution in [2.45, 2.75) is 0 Å². The number of rotatable bonds is 8. The average Bonchev–Trinajstić information content (AvgIpc) is 4.21. The Balaban J connectivity index is 1.13. The Bertz CT molecular complexity index is 4490. The summed E-state index contributed by atoms with van der Waals surface area (Å²) in [6, 6.07) is 88.1. The number of anilines is 6. The number of para-hydroxylation sites is 7. The molecule has 0 N–H and O–H groups in total. The van der Waals surface area contributed by atoms with Crippen molar-refractivity contribution in [3.8, 4) is 28.3 Å². The number of fused-ring (bicyclic) bond motifs is 12. The molecule has 0 saturated heterocycles. The van der Waals surface area contributed by atoms with E-state index in [2.05, 4.69) is 212 Å². The maximum Gasteiger partial charge on any atom is 0.210 e. The van der Waals surface area contributed by atoms with E-state index >= 15 is 0 Å². The van der Waals surface area contributed by atoms with E-state index in [0.717, 1.165) is 78.1 Å². The van der Waals surface area contributed by atoms with Crippen LogP contribution in [0.15, 0.2) is 243 Å². The van der Waals surface area contributed by atoms with Gasteiger partial charge in [0.05, 0.1) is 56.6 Å². The molecule has 74 heavy (non-hydrogen) atoms. The zero-order valence-corrected chi connectivity index (χ0v) is 39.8. The molecule has 0 spiro atoms. The Hall–Kier alpha value is -10.4. The van der Waals surface area contributed by atoms with Gasteiger partial charge in [-0.15, -0.1) is 0 Å². The van der Waals surface area contributed by atoms with E-state index in [1.54, 1.807) is 0 Å². The van der Waals surface area contributed by atoms with Gasteiger partial charge in [-0.3, -0.25) is 0 Å². The average molecular weight is 941 g/mol. The van der Waals surface area contributed by atoms with Crippen molar-refractivity contribution in [2.75, 3.05) is 9.80 Å². The molecule has 6 nitrogen and oxygen atoms in total. The van der Waals surface area contributed by atoms with Crippen molar-refractivity contribution in [3.63, 3.8) is 0 Å². The van der Waals surface area contributed by atoms with Gasteiger partial charge in [-0.2, -0.15) is 5.26 Å². The van der Waals surface area contributed by atoms with Crippen LogP contribution in [0, 0.1) is 17.9 Å². The molecule has 0 fully saturated rings. The minimum atomic E-state index is 0.584. The largest absolute Gasteiger partial charge is 0.320 e. The van der Waals surface area contributed by atoms with Crippen LogP contribution in [0.25, 0.3) is 103 Å². The summed E-state index contributed by atoms with van der Waals surface area (Å²) < 4.78 is 5.09. The molecule has 0 atom stereocenters. The quantitative estimate of drug-likeness (QED) is 0.143. The van der Waals surface area contributed by atoms with E-state index in [-0.39, 0.29) is 0 Å². The zero-order valence-electron chi connectivity index (χ0n) is 39.8. The van der Waals surface area contributed by atoms with Gasteiger partial charge in [-0.05, 0) is 77.9 Å². The van der Waals surface area contributed by atoms with Crippen LogP contribution in [-0.2, 0) is 0 Å². The SMILES string of the molecule is [C-]#[N+]c1ccccc1N(c1ccccc1)c1ccc2c3cccc4c5c(-c6ccccc6)c6c(c(-c7ccccc7)c5n(c2c1)c34)c1cccc2c3ccc(N(c4ccccc4)c4ccccc4C#N)cc3n6c21. The van der Waals surface area contributed by atoms with Gasteiger partial charge < -0.3 is 18.6 Å². The van der Waals surface area contributed by atoms with E-state index in [4.69, 9.17) is 6.57 Å². The lowest BCUT2D eigenvalue weighted by atomic mass is 9.89. The second-order valence-corrected chi connectivity index (χ2v) is 19.0. The van der Waals surface area contributed by atoms with Crippen molar-refractivity contribution in [1.82, 2.24) is 8.80 Å². The van der Waals surface area contributed by atoms with Crippen molar-refractivity contribution >= 4 is 116 Å². The molecule has 11 aromatic carbocycles. The zero-order chi connectivity index (χ0) is 49.0. The van der Waals surface area contributed by atoms with Crippen molar-refractivity contribution in [2.24, 2.45) is 0 Å². The lowest BCUT2D eigenvalue weighted by Crippen LogP contribution is -2.11. The minimum absolute atomic E-state index is 0.584. The van der Waals surface area contributed by atoms with Crippen LogP contribution in [0.1, 0.15) is 5.56 Å². The maximum atomic E-state index is 10.5. The molecular formula is C68H40N6. The molecule has 0 amide bonds. The Morgan fingerprint density at radius 3 is 1.27 bits per heavy atom. The third kappa shape index (κ3) is 5.79. The molecule has 0 aliphatic rings. The van der Waals surface area contributed by atoms with Gasteiger partial charge in [0, 0.05) is 77.0 Å². The topological polar surface area (TPSA) is 43.5 Å². The first-order chi connectivity index (χ1) is 36.7. The van der Waals surface area contributed by atoms with Crippen LogP contribution in [0.5, 0.6) is 0 Å². The lowest BCUT2D eigenvalue weighted by molar-refractivity contribution is 1.27. The summed E-state index contributed by atoms with van der Waals surface area (Å²) in [6.07, 6.45) is 0. The molecule has 0 radical (unpaired) electrons. The van der Waals surface area contributed by atoms with Crippen molar-refractivity contribution < 1.29 is 0 Å². The molecule has 0 aliphatic heterocycles. The molecule has 0 saturated carbocycles. The third-order valence-corrected chi connectivity index (χ3v) is 15.2. The standard InChI is InChI=1S/C68H40N6/c1-70-56-33-15-17-35-58(56)72(47-27-12-5-13-28-47)49-37-39-51-53-30-19-32-55-64-61(43-20-6-2-7-21-43)67-63(62(44-22-8-3-9-23-44)68(64)74(66(53)55)60(51)41-49)54-31-18-29-52-50-38-36-48(40-59(50)73(67)65(52)54)71(46-25-10-4-11-26-46)57-34-16-14-24-45(57)42-69/h2-41H. The summed E-state index contributed by atoms with van der Waals surface area (Å²) in [5, 5.41) is 19.9. The van der Waals surface area contributed by atoms with Crippen LogP contribution in [0.2, 0.25) is 0 Å². The van der Waals surface area contributed by atoms with Gasteiger partial charge in [-0.25, -0.2) is 4.85 Å². The fourth-order valence-electron chi connectivity index (χ4n) is 12.2. The Morgan fingerprint density at radius 2 is 0.784 bits per heavy atom. The number of nitriles is 1. The van der Waals surface area contributed by atoms with Gasteiger partial charge in [0.25, 0.3) is 0 Å². The van der Waals surface area contributed by atoms with Gasteiger partial charge in [0.15, 0.2) is 0 Å². The highest BCUT2D eigenvalue weighted by Crippen LogP contribution is 2.55. The molecule has 4 heterocycles. The normalized spacial score (nSPS) is 11.8. The van der Waals surface area contributed by atoms with Gasteiger partial charge in [0.1, 0.15) is 6.07 Å².